The first-order valence-corrected chi connectivity index (χ1v) is 8.35. The Kier molecular flexibility index (Phi) is 3.33. The molecule has 1 aromatic rings. The van der Waals surface area contributed by atoms with Gasteiger partial charge in [-0.25, -0.2) is 0 Å². The van der Waals surface area contributed by atoms with Crippen molar-refractivity contribution >= 4 is 5.91 Å². The number of aryl methyl sites for hydroxylation is 1. The molecule has 1 fully saturated rings. The lowest BCUT2D eigenvalue weighted by Gasteiger charge is -2.42. The van der Waals surface area contributed by atoms with E-state index < -0.39 is 0 Å². The Labute approximate surface area is 130 Å². The van der Waals surface area contributed by atoms with E-state index in [9.17, 15) is 4.79 Å². The average molecular weight is 301 g/mol. The van der Waals surface area contributed by atoms with Gasteiger partial charge in [-0.05, 0) is 45.4 Å². The predicted molar refractivity (Wildman–Crippen MR) is 82.8 cm³/mol. The van der Waals surface area contributed by atoms with Crippen LogP contribution in [0.5, 0.6) is 0 Å². The molecule has 1 aliphatic carbocycles. The van der Waals surface area contributed by atoms with E-state index in [2.05, 4.69) is 23.2 Å². The van der Waals surface area contributed by atoms with Gasteiger partial charge in [-0.3, -0.25) is 9.89 Å². The summed E-state index contributed by atoms with van der Waals surface area (Å²) in [5.41, 5.74) is 4.24. The minimum Gasteiger partial charge on any atom is -0.370 e. The van der Waals surface area contributed by atoms with Crippen LogP contribution < -0.4 is 0 Å². The summed E-state index contributed by atoms with van der Waals surface area (Å²) in [6, 6.07) is 0. The third-order valence-corrected chi connectivity index (χ3v) is 5.30. The fraction of sp³-hybridized carbons (Fsp3) is 0.647. The van der Waals surface area contributed by atoms with E-state index >= 15 is 0 Å². The average Bonchev–Trinajstić information content (AvgIpc) is 3.10. The molecule has 0 saturated carbocycles. The third-order valence-electron chi connectivity index (χ3n) is 5.30. The molecule has 1 saturated heterocycles. The quantitative estimate of drug-likeness (QED) is 0.809. The van der Waals surface area contributed by atoms with Crippen molar-refractivity contribution in [2.45, 2.75) is 51.0 Å². The minimum atomic E-state index is -0.132. The van der Waals surface area contributed by atoms with Crippen LogP contribution in [-0.2, 0) is 17.6 Å². The number of amides is 1. The van der Waals surface area contributed by atoms with Crippen LogP contribution in [0, 0.1) is 0 Å². The number of H-pyrrole nitrogens is 1. The summed E-state index contributed by atoms with van der Waals surface area (Å²) in [4.78, 5) is 14.7. The number of nitrogens with one attached hydrogen (secondary N) is 1. The summed E-state index contributed by atoms with van der Waals surface area (Å²) >= 11 is 0. The number of hydrogen-bond donors (Lipinski definition) is 1. The van der Waals surface area contributed by atoms with Crippen molar-refractivity contribution in [1.82, 2.24) is 15.1 Å². The lowest BCUT2D eigenvalue weighted by Crippen LogP contribution is -2.48. The normalized spacial score (nSPS) is 23.5. The number of ether oxygens (including phenoxy) is 1. The molecule has 2 aliphatic heterocycles. The van der Waals surface area contributed by atoms with Gasteiger partial charge < -0.3 is 9.64 Å². The maximum Gasteiger partial charge on any atom is 0.274 e. The van der Waals surface area contributed by atoms with E-state index in [1.807, 2.05) is 4.90 Å². The zero-order valence-electron chi connectivity index (χ0n) is 13.2. The standard InChI is InChI=1S/C17H23N3O2/c1-12-5-10-22-17(11-12)6-8-20(9-7-17)16(21)15-13-3-2-4-14(13)18-19-15/h11H,2-10H2,1H3,(H,18,19). The number of aromatic amines is 1. The number of hydrogen-bond acceptors (Lipinski definition) is 3. The first kappa shape index (κ1) is 14.0. The molecule has 0 unspecified atom stereocenters. The summed E-state index contributed by atoms with van der Waals surface area (Å²) in [7, 11) is 0. The summed E-state index contributed by atoms with van der Waals surface area (Å²) in [6.07, 6.45) is 8.23. The van der Waals surface area contributed by atoms with Gasteiger partial charge in [0, 0.05) is 24.3 Å². The van der Waals surface area contributed by atoms with Crippen molar-refractivity contribution in [3.8, 4) is 0 Å². The van der Waals surface area contributed by atoms with Gasteiger partial charge in [0.25, 0.3) is 5.91 Å². The van der Waals surface area contributed by atoms with Crippen LogP contribution in [0.3, 0.4) is 0 Å². The summed E-state index contributed by atoms with van der Waals surface area (Å²) in [5, 5.41) is 7.31. The number of aromatic nitrogens is 2. The van der Waals surface area contributed by atoms with E-state index in [0.717, 1.165) is 69.5 Å². The topological polar surface area (TPSA) is 58.2 Å². The first-order valence-electron chi connectivity index (χ1n) is 8.35. The Bertz CT molecular complexity index is 624. The SMILES string of the molecule is CC1=CC2(CCN(C(=O)c3n[nH]c4c3CCC4)CC2)OCC1. The van der Waals surface area contributed by atoms with Gasteiger partial charge in [-0.15, -0.1) is 0 Å². The number of likely N-dealkylation sites (tertiary alicyclic amines) is 1. The molecule has 0 atom stereocenters. The molecule has 0 radical (unpaired) electrons. The summed E-state index contributed by atoms with van der Waals surface area (Å²) in [6.45, 7) is 4.49. The molecule has 118 valence electrons. The van der Waals surface area contributed by atoms with Crippen molar-refractivity contribution < 1.29 is 9.53 Å². The molecule has 5 heteroatoms. The molecule has 22 heavy (non-hydrogen) atoms. The summed E-state index contributed by atoms with van der Waals surface area (Å²) in [5.74, 6) is 0.0887. The van der Waals surface area contributed by atoms with Gasteiger partial charge in [-0.2, -0.15) is 5.10 Å². The molecule has 1 aromatic heterocycles. The van der Waals surface area contributed by atoms with E-state index in [1.54, 1.807) is 0 Å². The van der Waals surface area contributed by atoms with Gasteiger partial charge in [0.2, 0.25) is 0 Å². The molecule has 3 aliphatic rings. The van der Waals surface area contributed by atoms with Crippen LogP contribution in [0.4, 0.5) is 0 Å². The number of nitrogens with zero attached hydrogens (tertiary/aromatic N) is 2. The van der Waals surface area contributed by atoms with Crippen LogP contribution in [0.1, 0.15) is 54.4 Å². The second kappa shape index (κ2) is 5.23. The minimum absolute atomic E-state index is 0.0887. The van der Waals surface area contributed by atoms with Crippen LogP contribution in [-0.4, -0.2) is 46.3 Å². The van der Waals surface area contributed by atoms with Crippen molar-refractivity contribution in [3.05, 3.63) is 28.6 Å². The molecular formula is C17H23N3O2. The van der Waals surface area contributed by atoms with E-state index in [1.165, 1.54) is 5.57 Å². The van der Waals surface area contributed by atoms with Crippen molar-refractivity contribution in [1.29, 1.82) is 0 Å². The van der Waals surface area contributed by atoms with E-state index in [4.69, 9.17) is 4.74 Å². The highest BCUT2D eigenvalue weighted by Gasteiger charge is 2.38. The molecule has 5 nitrogen and oxygen atoms in total. The van der Waals surface area contributed by atoms with Gasteiger partial charge >= 0.3 is 0 Å². The molecule has 4 rings (SSSR count). The summed E-state index contributed by atoms with van der Waals surface area (Å²) < 4.78 is 6.03. The Hall–Kier alpha value is -1.62. The molecule has 1 amide bonds. The Morgan fingerprint density at radius 1 is 1.32 bits per heavy atom. The fourth-order valence-corrected chi connectivity index (χ4v) is 4.00. The second-order valence-electron chi connectivity index (χ2n) is 6.83. The monoisotopic (exact) mass is 301 g/mol. The maximum absolute atomic E-state index is 12.7. The number of piperidine rings is 1. The Morgan fingerprint density at radius 2 is 2.14 bits per heavy atom. The molecule has 0 bridgehead atoms. The largest absolute Gasteiger partial charge is 0.370 e. The number of carbonyl (C=O) groups is 1. The van der Waals surface area contributed by atoms with Crippen molar-refractivity contribution in [3.63, 3.8) is 0 Å². The lowest BCUT2D eigenvalue weighted by atomic mass is 9.87. The van der Waals surface area contributed by atoms with Gasteiger partial charge in [-0.1, -0.05) is 11.6 Å². The van der Waals surface area contributed by atoms with Gasteiger partial charge in [0.05, 0.1) is 12.2 Å². The van der Waals surface area contributed by atoms with E-state index in [0.29, 0.717) is 5.69 Å². The Morgan fingerprint density at radius 3 is 2.91 bits per heavy atom. The number of carbonyl (C=O) groups excluding carboxylic acids is 1. The van der Waals surface area contributed by atoms with E-state index in [-0.39, 0.29) is 11.5 Å². The third kappa shape index (κ3) is 2.28. The molecule has 3 heterocycles. The number of fused-ring (bicyclic) bond motifs is 1. The molecular weight excluding hydrogens is 278 g/mol. The van der Waals surface area contributed by atoms with Crippen LogP contribution in [0.25, 0.3) is 0 Å². The lowest BCUT2D eigenvalue weighted by molar-refractivity contribution is -0.0522. The Balaban J connectivity index is 1.47. The van der Waals surface area contributed by atoms with Crippen LogP contribution in [0.15, 0.2) is 11.6 Å². The van der Waals surface area contributed by atoms with Crippen molar-refractivity contribution in [2.24, 2.45) is 0 Å². The number of rotatable bonds is 1. The second-order valence-corrected chi connectivity index (χ2v) is 6.83. The zero-order valence-corrected chi connectivity index (χ0v) is 13.2. The maximum atomic E-state index is 12.7. The predicted octanol–water partition coefficient (Wildman–Crippen LogP) is 2.24. The zero-order chi connectivity index (χ0) is 15.2. The highest BCUT2D eigenvalue weighted by atomic mass is 16.5. The van der Waals surface area contributed by atoms with Crippen LogP contribution >= 0.6 is 0 Å². The highest BCUT2D eigenvalue weighted by Crippen LogP contribution is 2.34. The van der Waals surface area contributed by atoms with Crippen molar-refractivity contribution in [2.75, 3.05) is 19.7 Å². The smallest absolute Gasteiger partial charge is 0.274 e. The van der Waals surface area contributed by atoms with Crippen LogP contribution in [0.2, 0.25) is 0 Å². The molecule has 0 aromatic carbocycles. The van der Waals surface area contributed by atoms with Gasteiger partial charge in [0.1, 0.15) is 0 Å². The fourth-order valence-electron chi connectivity index (χ4n) is 4.00. The van der Waals surface area contributed by atoms with Gasteiger partial charge in [0.15, 0.2) is 5.69 Å². The first-order chi connectivity index (χ1) is 10.7. The molecule has 1 spiro atoms. The molecule has 1 N–H and O–H groups in total. The highest BCUT2D eigenvalue weighted by molar-refractivity contribution is 5.94.